The van der Waals surface area contributed by atoms with E-state index < -0.39 is 5.91 Å². The van der Waals surface area contributed by atoms with Crippen LogP contribution in [0.3, 0.4) is 0 Å². The third-order valence-corrected chi connectivity index (χ3v) is 4.81. The number of nitrogens with one attached hydrogen (secondary N) is 1. The Morgan fingerprint density at radius 3 is 2.86 bits per heavy atom. The Hall–Kier alpha value is -3.00. The number of aryl methyl sites for hydroxylation is 1. The molecular weight excluding hydrogens is 363 g/mol. The third kappa shape index (κ3) is 3.82. The zero-order valence-corrected chi connectivity index (χ0v) is 15.9. The fourth-order valence-electron chi connectivity index (χ4n) is 3.47. The van der Waals surface area contributed by atoms with Crippen molar-refractivity contribution in [1.82, 2.24) is 20.0 Å². The van der Waals surface area contributed by atoms with Gasteiger partial charge in [-0.3, -0.25) is 9.59 Å². The molecule has 0 aliphatic carbocycles. The quantitative estimate of drug-likeness (QED) is 0.796. The molecule has 1 N–H and O–H groups in total. The predicted octanol–water partition coefficient (Wildman–Crippen LogP) is 1.83. The van der Waals surface area contributed by atoms with Gasteiger partial charge in [-0.2, -0.15) is 5.10 Å². The van der Waals surface area contributed by atoms with Gasteiger partial charge in [0, 0.05) is 17.8 Å². The molecule has 2 amide bonds. The molecule has 1 aliphatic rings. The number of nitrogens with zero attached hydrogens (tertiary/aromatic N) is 3. The second-order valence-corrected chi connectivity index (χ2v) is 6.55. The second kappa shape index (κ2) is 8.35. The van der Waals surface area contributed by atoms with E-state index in [9.17, 15) is 14.0 Å². The Morgan fingerprint density at radius 2 is 2.14 bits per heavy atom. The zero-order chi connectivity index (χ0) is 20.3. The second-order valence-electron chi connectivity index (χ2n) is 6.55. The highest BCUT2D eigenvalue weighted by Crippen LogP contribution is 2.31. The Kier molecular flexibility index (Phi) is 5.89. The molecule has 7 nitrogen and oxygen atoms in total. The van der Waals surface area contributed by atoms with E-state index in [-0.39, 0.29) is 24.3 Å². The molecule has 2 aromatic rings. The number of rotatable bonds is 5. The SMILES string of the molecule is C=CC(=O)NCC(=O)N1CCOCC1c1c(C)nn(-c2ccccc2F)c1C. The van der Waals surface area contributed by atoms with Crippen molar-refractivity contribution in [2.45, 2.75) is 19.9 Å². The summed E-state index contributed by atoms with van der Waals surface area (Å²) in [4.78, 5) is 25.7. The molecule has 0 bridgehead atoms. The van der Waals surface area contributed by atoms with Crippen LogP contribution in [0, 0.1) is 19.7 Å². The van der Waals surface area contributed by atoms with Crippen molar-refractivity contribution in [2.24, 2.45) is 0 Å². The highest BCUT2D eigenvalue weighted by molar-refractivity contribution is 5.90. The first-order valence-corrected chi connectivity index (χ1v) is 9.02. The number of aromatic nitrogens is 2. The average Bonchev–Trinajstić information content (AvgIpc) is 3.00. The van der Waals surface area contributed by atoms with Crippen LogP contribution in [0.4, 0.5) is 4.39 Å². The number of halogens is 1. The summed E-state index contributed by atoms with van der Waals surface area (Å²) in [6.45, 7) is 8.05. The molecule has 148 valence electrons. The van der Waals surface area contributed by atoms with E-state index in [1.807, 2.05) is 13.8 Å². The molecule has 1 unspecified atom stereocenters. The van der Waals surface area contributed by atoms with Crippen molar-refractivity contribution in [2.75, 3.05) is 26.3 Å². The summed E-state index contributed by atoms with van der Waals surface area (Å²) in [7, 11) is 0. The molecule has 0 spiro atoms. The van der Waals surface area contributed by atoms with Crippen LogP contribution in [0.15, 0.2) is 36.9 Å². The minimum Gasteiger partial charge on any atom is -0.377 e. The molecule has 8 heteroatoms. The van der Waals surface area contributed by atoms with Gasteiger partial charge in [0.1, 0.15) is 11.5 Å². The molecule has 28 heavy (non-hydrogen) atoms. The highest BCUT2D eigenvalue weighted by Gasteiger charge is 2.33. The molecule has 0 saturated carbocycles. The summed E-state index contributed by atoms with van der Waals surface area (Å²) < 4.78 is 21.4. The van der Waals surface area contributed by atoms with E-state index >= 15 is 0 Å². The number of hydrogen-bond donors (Lipinski definition) is 1. The maximum atomic E-state index is 14.3. The fraction of sp³-hybridized carbons (Fsp3) is 0.350. The van der Waals surface area contributed by atoms with Crippen molar-refractivity contribution in [3.8, 4) is 5.69 Å². The minimum absolute atomic E-state index is 0.124. The standard InChI is InChI=1S/C20H23FN4O3/c1-4-18(26)22-11-19(27)24-9-10-28-12-17(24)20-13(2)23-25(14(20)3)16-8-6-5-7-15(16)21/h4-8,17H,1,9-12H2,2-3H3,(H,22,26). The topological polar surface area (TPSA) is 76.5 Å². The monoisotopic (exact) mass is 386 g/mol. The third-order valence-electron chi connectivity index (χ3n) is 4.81. The van der Waals surface area contributed by atoms with Crippen LogP contribution < -0.4 is 5.32 Å². The summed E-state index contributed by atoms with van der Waals surface area (Å²) in [5.74, 6) is -1.00. The Balaban J connectivity index is 1.92. The highest BCUT2D eigenvalue weighted by atomic mass is 19.1. The van der Waals surface area contributed by atoms with Gasteiger partial charge in [0.25, 0.3) is 0 Å². The van der Waals surface area contributed by atoms with Gasteiger partial charge in [-0.05, 0) is 32.1 Å². The molecule has 1 fully saturated rings. The first-order valence-electron chi connectivity index (χ1n) is 9.02. The average molecular weight is 386 g/mol. The van der Waals surface area contributed by atoms with Gasteiger partial charge >= 0.3 is 0 Å². The van der Waals surface area contributed by atoms with Gasteiger partial charge in [0.05, 0.1) is 31.5 Å². The molecule has 1 aromatic heterocycles. The smallest absolute Gasteiger partial charge is 0.243 e. The summed E-state index contributed by atoms with van der Waals surface area (Å²) in [5, 5.41) is 7.01. The molecular formula is C20H23FN4O3. The number of benzene rings is 1. The molecule has 1 saturated heterocycles. The lowest BCUT2D eigenvalue weighted by Gasteiger charge is -2.36. The number of amides is 2. The maximum Gasteiger partial charge on any atom is 0.243 e. The van der Waals surface area contributed by atoms with Gasteiger partial charge in [-0.25, -0.2) is 9.07 Å². The van der Waals surface area contributed by atoms with Crippen LogP contribution in [0.1, 0.15) is 23.0 Å². The minimum atomic E-state index is -0.405. The van der Waals surface area contributed by atoms with Crippen molar-refractivity contribution in [3.63, 3.8) is 0 Å². The van der Waals surface area contributed by atoms with Crippen molar-refractivity contribution < 1.29 is 18.7 Å². The predicted molar refractivity (Wildman–Crippen MR) is 101 cm³/mol. The summed E-state index contributed by atoms with van der Waals surface area (Å²) >= 11 is 0. The number of morpholine rings is 1. The van der Waals surface area contributed by atoms with Gasteiger partial charge in [0.2, 0.25) is 11.8 Å². The Morgan fingerprint density at radius 1 is 1.39 bits per heavy atom. The van der Waals surface area contributed by atoms with E-state index in [4.69, 9.17) is 4.74 Å². The normalized spacial score (nSPS) is 16.7. The molecule has 2 heterocycles. The van der Waals surface area contributed by atoms with Crippen molar-refractivity contribution >= 4 is 11.8 Å². The van der Waals surface area contributed by atoms with E-state index in [0.717, 1.165) is 17.3 Å². The zero-order valence-electron chi connectivity index (χ0n) is 15.9. The van der Waals surface area contributed by atoms with Gasteiger partial charge < -0.3 is 15.0 Å². The number of carbonyl (C=O) groups is 2. The van der Waals surface area contributed by atoms with Crippen LogP contribution in [-0.4, -0.2) is 52.8 Å². The van der Waals surface area contributed by atoms with Gasteiger partial charge in [-0.1, -0.05) is 18.7 Å². The molecule has 3 rings (SSSR count). The molecule has 1 aliphatic heterocycles. The molecule has 0 radical (unpaired) electrons. The maximum absolute atomic E-state index is 14.3. The summed E-state index contributed by atoms with van der Waals surface area (Å²) in [5.41, 5.74) is 2.61. The van der Waals surface area contributed by atoms with Crippen LogP contribution in [0.25, 0.3) is 5.69 Å². The van der Waals surface area contributed by atoms with E-state index in [1.165, 1.54) is 6.07 Å². The van der Waals surface area contributed by atoms with E-state index in [1.54, 1.807) is 27.8 Å². The summed E-state index contributed by atoms with van der Waals surface area (Å²) in [6.07, 6.45) is 1.12. The van der Waals surface area contributed by atoms with Crippen LogP contribution >= 0.6 is 0 Å². The van der Waals surface area contributed by atoms with Crippen LogP contribution in [0.2, 0.25) is 0 Å². The fourth-order valence-corrected chi connectivity index (χ4v) is 3.47. The van der Waals surface area contributed by atoms with Crippen molar-refractivity contribution in [1.29, 1.82) is 0 Å². The number of hydrogen-bond acceptors (Lipinski definition) is 4. The first kappa shape index (κ1) is 19.8. The van der Waals surface area contributed by atoms with Crippen molar-refractivity contribution in [3.05, 3.63) is 59.7 Å². The molecule has 1 atom stereocenters. The van der Waals surface area contributed by atoms with E-state index in [0.29, 0.717) is 31.1 Å². The van der Waals surface area contributed by atoms with Crippen LogP contribution in [-0.2, 0) is 14.3 Å². The number of ether oxygens (including phenoxy) is 1. The first-order chi connectivity index (χ1) is 13.4. The van der Waals surface area contributed by atoms with Crippen LogP contribution in [0.5, 0.6) is 0 Å². The number of carbonyl (C=O) groups excluding carboxylic acids is 2. The summed E-state index contributed by atoms with van der Waals surface area (Å²) in [6, 6.07) is 6.05. The largest absolute Gasteiger partial charge is 0.377 e. The lowest BCUT2D eigenvalue weighted by atomic mass is 10.0. The number of para-hydroxylation sites is 1. The van der Waals surface area contributed by atoms with Gasteiger partial charge in [-0.15, -0.1) is 0 Å². The lowest BCUT2D eigenvalue weighted by Crippen LogP contribution is -2.47. The lowest BCUT2D eigenvalue weighted by molar-refractivity contribution is -0.140. The Bertz CT molecular complexity index is 909. The molecule has 1 aromatic carbocycles. The van der Waals surface area contributed by atoms with Gasteiger partial charge in [0.15, 0.2) is 0 Å². The van der Waals surface area contributed by atoms with E-state index in [2.05, 4.69) is 17.0 Å². The Labute approximate surface area is 162 Å².